The van der Waals surface area contributed by atoms with Gasteiger partial charge < -0.3 is 9.73 Å². The van der Waals surface area contributed by atoms with E-state index in [1.54, 1.807) is 20.0 Å². The van der Waals surface area contributed by atoms with Gasteiger partial charge in [-0.15, -0.1) is 0 Å². The number of aromatic nitrogens is 4. The number of hydrogen-bond acceptors (Lipinski definition) is 6. The van der Waals surface area contributed by atoms with Gasteiger partial charge >= 0.3 is 0 Å². The van der Waals surface area contributed by atoms with Crippen LogP contribution < -0.4 is 5.32 Å². The van der Waals surface area contributed by atoms with Gasteiger partial charge in [-0.25, -0.2) is 15.0 Å². The number of pyridine rings is 1. The molecule has 7 heteroatoms. The lowest BCUT2D eigenvalue weighted by atomic mass is 9.79. The Morgan fingerprint density at radius 2 is 1.90 bits per heavy atom. The first-order valence-electron chi connectivity index (χ1n) is 10.5. The van der Waals surface area contributed by atoms with Crippen molar-refractivity contribution < 1.29 is 9.21 Å². The minimum atomic E-state index is -0.181. The number of nitrogens with one attached hydrogen (secondary N) is 1. The zero-order valence-electron chi connectivity index (χ0n) is 17.7. The highest BCUT2D eigenvalue weighted by atomic mass is 16.4. The van der Waals surface area contributed by atoms with Crippen molar-refractivity contribution in [1.29, 1.82) is 0 Å². The highest BCUT2D eigenvalue weighted by Crippen LogP contribution is 2.38. The fourth-order valence-electron chi connectivity index (χ4n) is 4.22. The van der Waals surface area contributed by atoms with Crippen LogP contribution in [0.4, 0.5) is 0 Å². The van der Waals surface area contributed by atoms with Gasteiger partial charge in [0.15, 0.2) is 5.89 Å². The third kappa shape index (κ3) is 4.40. The van der Waals surface area contributed by atoms with Gasteiger partial charge in [-0.3, -0.25) is 9.78 Å². The quantitative estimate of drug-likeness (QED) is 0.685. The lowest BCUT2D eigenvalue weighted by Crippen LogP contribution is -2.31. The first-order chi connectivity index (χ1) is 14.5. The predicted octanol–water partition coefficient (Wildman–Crippen LogP) is 4.16. The number of carbonyl (C=O) groups is 1. The second-order valence-electron chi connectivity index (χ2n) is 8.01. The van der Waals surface area contributed by atoms with Gasteiger partial charge in [0.2, 0.25) is 5.76 Å². The second kappa shape index (κ2) is 8.73. The number of hydrogen-bond donors (Lipinski definition) is 1. The van der Waals surface area contributed by atoms with E-state index in [1.807, 2.05) is 31.3 Å². The number of aryl methyl sites for hydroxylation is 3. The maximum absolute atomic E-state index is 12.4. The molecule has 0 saturated heterocycles. The number of carbonyl (C=O) groups excluding carboxylic acids is 1. The lowest BCUT2D eigenvalue weighted by molar-refractivity contribution is 0.0913. The summed E-state index contributed by atoms with van der Waals surface area (Å²) in [6.07, 6.45) is 7.87. The summed E-state index contributed by atoms with van der Waals surface area (Å²) in [5.74, 6) is 2.28. The van der Waals surface area contributed by atoms with Crippen LogP contribution in [-0.4, -0.2) is 32.4 Å². The largest absolute Gasteiger partial charge is 0.436 e. The summed E-state index contributed by atoms with van der Waals surface area (Å²) in [6.45, 7) is 6.12. The van der Waals surface area contributed by atoms with Crippen molar-refractivity contribution in [3.05, 3.63) is 59.5 Å². The van der Waals surface area contributed by atoms with Crippen LogP contribution in [0.2, 0.25) is 0 Å². The fourth-order valence-corrected chi connectivity index (χ4v) is 4.22. The van der Waals surface area contributed by atoms with Gasteiger partial charge in [0.25, 0.3) is 5.91 Å². The van der Waals surface area contributed by atoms with E-state index in [-0.39, 0.29) is 5.91 Å². The topological polar surface area (TPSA) is 93.8 Å². The van der Waals surface area contributed by atoms with Crippen molar-refractivity contribution in [2.45, 2.75) is 52.4 Å². The Bertz CT molecular complexity index is 1020. The van der Waals surface area contributed by atoms with E-state index >= 15 is 0 Å². The van der Waals surface area contributed by atoms with E-state index in [1.165, 1.54) is 0 Å². The first-order valence-corrected chi connectivity index (χ1v) is 10.5. The van der Waals surface area contributed by atoms with E-state index in [4.69, 9.17) is 9.40 Å². The molecule has 1 aliphatic carbocycles. The van der Waals surface area contributed by atoms with Crippen LogP contribution in [0, 0.1) is 26.7 Å². The van der Waals surface area contributed by atoms with E-state index < -0.39 is 0 Å². The summed E-state index contributed by atoms with van der Waals surface area (Å²) in [5.41, 5.74) is 3.67. The molecule has 1 aliphatic rings. The molecule has 0 aliphatic heterocycles. The molecule has 3 aromatic heterocycles. The summed E-state index contributed by atoms with van der Waals surface area (Å²) in [5, 5.41) is 3.02. The molecular weight excluding hydrogens is 378 g/mol. The molecule has 3 aromatic rings. The van der Waals surface area contributed by atoms with Crippen LogP contribution in [0.25, 0.3) is 11.3 Å². The van der Waals surface area contributed by atoms with E-state index in [2.05, 4.69) is 20.3 Å². The van der Waals surface area contributed by atoms with Gasteiger partial charge in [-0.2, -0.15) is 0 Å². The minimum absolute atomic E-state index is 0.181. The van der Waals surface area contributed by atoms with Crippen LogP contribution >= 0.6 is 0 Å². The number of rotatable bonds is 5. The van der Waals surface area contributed by atoms with E-state index in [0.29, 0.717) is 35.7 Å². The molecule has 0 radical (unpaired) electrons. The van der Waals surface area contributed by atoms with Crippen LogP contribution in [0.1, 0.15) is 65.3 Å². The van der Waals surface area contributed by atoms with Crippen LogP contribution in [0.15, 0.2) is 35.0 Å². The Morgan fingerprint density at radius 3 is 2.57 bits per heavy atom. The molecule has 0 atom stereocenters. The number of oxazole rings is 1. The van der Waals surface area contributed by atoms with Crippen molar-refractivity contribution in [1.82, 2.24) is 25.3 Å². The van der Waals surface area contributed by atoms with Crippen molar-refractivity contribution in [3.8, 4) is 11.3 Å². The van der Waals surface area contributed by atoms with E-state index in [0.717, 1.165) is 48.5 Å². The SMILES string of the molecule is Cc1ncc(-c2ccccn2)c(C2CCC(CNC(=O)c3oc(C)nc3C)CC2)n1. The van der Waals surface area contributed by atoms with E-state index in [9.17, 15) is 4.79 Å². The third-order valence-corrected chi connectivity index (χ3v) is 5.77. The molecule has 3 heterocycles. The summed E-state index contributed by atoms with van der Waals surface area (Å²) >= 11 is 0. The van der Waals surface area contributed by atoms with Crippen molar-refractivity contribution in [2.75, 3.05) is 6.54 Å². The average Bonchev–Trinajstić information content (AvgIpc) is 3.11. The molecule has 0 spiro atoms. The number of amides is 1. The molecule has 0 unspecified atom stereocenters. The molecule has 1 amide bonds. The predicted molar refractivity (Wildman–Crippen MR) is 113 cm³/mol. The molecule has 1 saturated carbocycles. The summed E-state index contributed by atoms with van der Waals surface area (Å²) in [6, 6.07) is 5.91. The maximum Gasteiger partial charge on any atom is 0.289 e. The monoisotopic (exact) mass is 405 g/mol. The van der Waals surface area contributed by atoms with Gasteiger partial charge in [-0.1, -0.05) is 6.07 Å². The highest BCUT2D eigenvalue weighted by molar-refractivity contribution is 5.92. The van der Waals surface area contributed by atoms with Gasteiger partial charge in [-0.05, 0) is 57.6 Å². The Balaban J connectivity index is 1.39. The molecule has 0 bridgehead atoms. The van der Waals surface area contributed by atoms with Crippen molar-refractivity contribution in [3.63, 3.8) is 0 Å². The Morgan fingerprint density at radius 1 is 1.10 bits per heavy atom. The summed E-state index contributed by atoms with van der Waals surface area (Å²) in [4.78, 5) is 30.2. The number of nitrogens with zero attached hydrogens (tertiary/aromatic N) is 4. The molecule has 30 heavy (non-hydrogen) atoms. The molecule has 156 valence electrons. The van der Waals surface area contributed by atoms with Gasteiger partial charge in [0.05, 0.1) is 17.1 Å². The fraction of sp³-hybridized carbons (Fsp3) is 0.435. The summed E-state index contributed by atoms with van der Waals surface area (Å²) in [7, 11) is 0. The highest BCUT2D eigenvalue weighted by Gasteiger charge is 2.27. The standard InChI is InChI=1S/C23H27N5O2/c1-14-22(30-16(3)27-14)23(29)26-12-17-7-9-18(10-8-17)21-19(13-25-15(2)28-21)20-6-4-5-11-24-20/h4-6,11,13,17-18H,7-10,12H2,1-3H3,(H,26,29). The maximum atomic E-state index is 12.4. The van der Waals surface area contributed by atoms with Crippen molar-refractivity contribution in [2.24, 2.45) is 5.92 Å². The zero-order valence-corrected chi connectivity index (χ0v) is 17.7. The zero-order chi connectivity index (χ0) is 21.1. The van der Waals surface area contributed by atoms with Crippen LogP contribution in [0.3, 0.4) is 0 Å². The smallest absolute Gasteiger partial charge is 0.289 e. The average molecular weight is 406 g/mol. The molecule has 1 fully saturated rings. The lowest BCUT2D eigenvalue weighted by Gasteiger charge is -2.29. The molecule has 1 N–H and O–H groups in total. The Kier molecular flexibility index (Phi) is 5.88. The molecule has 4 rings (SSSR count). The summed E-state index contributed by atoms with van der Waals surface area (Å²) < 4.78 is 5.41. The Labute approximate surface area is 176 Å². The molecule has 0 aromatic carbocycles. The van der Waals surface area contributed by atoms with Crippen LogP contribution in [-0.2, 0) is 0 Å². The van der Waals surface area contributed by atoms with Crippen LogP contribution in [0.5, 0.6) is 0 Å². The first kappa shape index (κ1) is 20.2. The molecule has 7 nitrogen and oxygen atoms in total. The second-order valence-corrected chi connectivity index (χ2v) is 8.01. The van der Waals surface area contributed by atoms with Gasteiger partial charge in [0, 0.05) is 37.3 Å². The normalized spacial score (nSPS) is 18.9. The Hall–Kier alpha value is -3.09. The van der Waals surface area contributed by atoms with Gasteiger partial charge in [0.1, 0.15) is 5.82 Å². The third-order valence-electron chi connectivity index (χ3n) is 5.77. The van der Waals surface area contributed by atoms with Crippen molar-refractivity contribution >= 4 is 5.91 Å². The minimum Gasteiger partial charge on any atom is -0.436 e. The molecular formula is C23H27N5O2.